The van der Waals surface area contributed by atoms with Crippen molar-refractivity contribution in [2.24, 2.45) is 0 Å². The second kappa shape index (κ2) is 7.70. The van der Waals surface area contributed by atoms with Crippen LogP contribution in [0, 0.1) is 0 Å². The molecule has 4 rings (SSSR count). The first-order valence-corrected chi connectivity index (χ1v) is 9.91. The summed E-state index contributed by atoms with van der Waals surface area (Å²) in [6, 6.07) is 13.3. The maximum atomic E-state index is 9.48. The number of nitrogens with one attached hydrogen (secondary N) is 1. The molecule has 3 aromatic rings. The maximum Gasteiger partial charge on any atom is 0.0456 e. The Bertz CT molecular complexity index is 765. The molecule has 1 aliphatic rings. The van der Waals surface area contributed by atoms with Crippen molar-refractivity contribution in [3.05, 3.63) is 58.4 Å². The number of para-hydroxylation sites is 1. The predicted octanol–water partition coefficient (Wildman–Crippen LogP) is 3.30. The highest BCUT2D eigenvalue weighted by Crippen LogP contribution is 2.21. The average Bonchev–Trinajstić information content (AvgIpc) is 3.26. The average molecular weight is 356 g/mol. The van der Waals surface area contributed by atoms with Crippen molar-refractivity contribution >= 4 is 22.2 Å². The second-order valence-corrected chi connectivity index (χ2v) is 7.67. The number of piperazine rings is 1. The van der Waals surface area contributed by atoms with Gasteiger partial charge in [0.25, 0.3) is 0 Å². The highest BCUT2D eigenvalue weighted by Gasteiger charge is 2.26. The van der Waals surface area contributed by atoms with Crippen molar-refractivity contribution in [1.29, 1.82) is 0 Å². The summed E-state index contributed by atoms with van der Waals surface area (Å²) in [6.07, 6.45) is 0.841. The zero-order chi connectivity index (χ0) is 17.1. The van der Waals surface area contributed by atoms with Crippen LogP contribution in [0.4, 0.5) is 0 Å². The lowest BCUT2D eigenvalue weighted by Gasteiger charge is -2.41. The van der Waals surface area contributed by atoms with Crippen LogP contribution in [0.25, 0.3) is 10.9 Å². The summed E-state index contributed by atoms with van der Waals surface area (Å²) < 4.78 is 0. The lowest BCUT2D eigenvalue weighted by molar-refractivity contribution is 0.0496. The molecule has 3 heterocycles. The van der Waals surface area contributed by atoms with Gasteiger partial charge in [-0.2, -0.15) is 11.3 Å². The number of rotatable bonds is 6. The summed E-state index contributed by atoms with van der Waals surface area (Å²) in [5, 5.41) is 15.1. The molecular weight excluding hydrogens is 330 g/mol. The summed E-state index contributed by atoms with van der Waals surface area (Å²) in [6.45, 7) is 5.34. The zero-order valence-corrected chi connectivity index (χ0v) is 15.2. The number of thiophene rings is 1. The molecule has 1 aromatic carbocycles. The topological polar surface area (TPSA) is 42.5 Å². The summed E-state index contributed by atoms with van der Waals surface area (Å²) in [5.41, 5.74) is 3.87. The normalized spacial score (nSPS) is 19.6. The third kappa shape index (κ3) is 3.96. The Kier molecular flexibility index (Phi) is 5.17. The molecule has 1 fully saturated rings. The standard InChI is InChI=1S/C20H25N3OS/c24-9-5-19-14-22(7-8-23(19)12-16-6-10-25-15-16)13-18-11-17-3-1-2-4-20(17)21-18/h1-4,6,10-11,15,19,21,24H,5,7-9,12-14H2. The molecule has 1 unspecified atom stereocenters. The Balaban J connectivity index is 1.42. The van der Waals surface area contributed by atoms with Crippen LogP contribution in [-0.2, 0) is 13.1 Å². The fourth-order valence-electron chi connectivity index (χ4n) is 3.81. The quantitative estimate of drug-likeness (QED) is 0.713. The molecule has 2 aromatic heterocycles. The van der Waals surface area contributed by atoms with Gasteiger partial charge in [-0.3, -0.25) is 9.80 Å². The van der Waals surface area contributed by atoms with Crippen LogP contribution in [0.15, 0.2) is 47.2 Å². The number of aromatic nitrogens is 1. The Labute approximate surface area is 152 Å². The van der Waals surface area contributed by atoms with Crippen LogP contribution < -0.4 is 0 Å². The number of hydrogen-bond acceptors (Lipinski definition) is 4. The molecule has 1 atom stereocenters. The predicted molar refractivity (Wildman–Crippen MR) is 104 cm³/mol. The highest BCUT2D eigenvalue weighted by molar-refractivity contribution is 7.07. The van der Waals surface area contributed by atoms with Crippen molar-refractivity contribution in [3.63, 3.8) is 0 Å². The van der Waals surface area contributed by atoms with E-state index in [1.54, 1.807) is 11.3 Å². The Morgan fingerprint density at radius 3 is 2.88 bits per heavy atom. The third-order valence-corrected chi connectivity index (χ3v) is 5.83. The smallest absolute Gasteiger partial charge is 0.0456 e. The van der Waals surface area contributed by atoms with E-state index in [-0.39, 0.29) is 6.61 Å². The summed E-state index contributed by atoms with van der Waals surface area (Å²) in [4.78, 5) is 8.57. The van der Waals surface area contributed by atoms with E-state index in [4.69, 9.17) is 0 Å². The van der Waals surface area contributed by atoms with Crippen LogP contribution >= 0.6 is 11.3 Å². The van der Waals surface area contributed by atoms with E-state index < -0.39 is 0 Å². The SMILES string of the molecule is OCCC1CN(Cc2cc3ccccc3[nH]2)CCN1Cc1ccsc1. The molecular formula is C20H25N3OS. The van der Waals surface area contributed by atoms with Crippen molar-refractivity contribution in [2.75, 3.05) is 26.2 Å². The largest absolute Gasteiger partial charge is 0.396 e. The van der Waals surface area contributed by atoms with Gasteiger partial charge in [0.2, 0.25) is 0 Å². The number of fused-ring (bicyclic) bond motifs is 1. The fourth-order valence-corrected chi connectivity index (χ4v) is 4.47. The molecule has 0 aliphatic carbocycles. The van der Waals surface area contributed by atoms with Gasteiger partial charge in [0.05, 0.1) is 0 Å². The molecule has 2 N–H and O–H groups in total. The summed E-state index contributed by atoms with van der Waals surface area (Å²) >= 11 is 1.76. The Morgan fingerprint density at radius 1 is 1.16 bits per heavy atom. The van der Waals surface area contributed by atoms with Crippen LogP contribution in [0.3, 0.4) is 0 Å². The van der Waals surface area contributed by atoms with Crippen molar-refractivity contribution < 1.29 is 5.11 Å². The molecule has 25 heavy (non-hydrogen) atoms. The summed E-state index contributed by atoms with van der Waals surface area (Å²) in [5.74, 6) is 0. The number of aliphatic hydroxyl groups excluding tert-OH is 1. The lowest BCUT2D eigenvalue weighted by Crippen LogP contribution is -2.52. The molecule has 0 amide bonds. The number of aliphatic hydroxyl groups is 1. The lowest BCUT2D eigenvalue weighted by atomic mass is 10.1. The molecule has 1 aliphatic heterocycles. The van der Waals surface area contributed by atoms with E-state index in [0.717, 1.165) is 39.1 Å². The number of benzene rings is 1. The van der Waals surface area contributed by atoms with Crippen LogP contribution in [0.2, 0.25) is 0 Å². The van der Waals surface area contributed by atoms with E-state index in [9.17, 15) is 5.11 Å². The van der Waals surface area contributed by atoms with Crippen molar-refractivity contribution in [1.82, 2.24) is 14.8 Å². The van der Waals surface area contributed by atoms with E-state index in [0.29, 0.717) is 6.04 Å². The van der Waals surface area contributed by atoms with Gasteiger partial charge in [0.1, 0.15) is 0 Å². The first kappa shape index (κ1) is 16.8. The van der Waals surface area contributed by atoms with Crippen LogP contribution in [-0.4, -0.2) is 52.2 Å². The molecule has 0 bridgehead atoms. The Hall–Kier alpha value is -1.66. The van der Waals surface area contributed by atoms with Crippen molar-refractivity contribution in [3.8, 4) is 0 Å². The van der Waals surface area contributed by atoms with E-state index in [1.165, 1.54) is 22.2 Å². The Morgan fingerprint density at radius 2 is 2.08 bits per heavy atom. The molecule has 0 spiro atoms. The highest BCUT2D eigenvalue weighted by atomic mass is 32.1. The van der Waals surface area contributed by atoms with Crippen molar-refractivity contribution in [2.45, 2.75) is 25.6 Å². The zero-order valence-electron chi connectivity index (χ0n) is 14.4. The van der Waals surface area contributed by atoms with E-state index in [1.807, 2.05) is 0 Å². The molecule has 0 saturated carbocycles. The minimum Gasteiger partial charge on any atom is -0.396 e. The number of H-pyrrole nitrogens is 1. The van der Waals surface area contributed by atoms with Gasteiger partial charge in [-0.1, -0.05) is 18.2 Å². The second-order valence-electron chi connectivity index (χ2n) is 6.89. The van der Waals surface area contributed by atoms with Gasteiger partial charge in [0.15, 0.2) is 0 Å². The van der Waals surface area contributed by atoms with Gasteiger partial charge in [-0.25, -0.2) is 0 Å². The monoisotopic (exact) mass is 355 g/mol. The molecule has 5 heteroatoms. The molecule has 0 radical (unpaired) electrons. The van der Waals surface area contributed by atoms with Gasteiger partial charge < -0.3 is 10.1 Å². The first-order chi connectivity index (χ1) is 12.3. The number of aromatic amines is 1. The molecule has 1 saturated heterocycles. The van der Waals surface area contributed by atoms with E-state index >= 15 is 0 Å². The minimum atomic E-state index is 0.255. The first-order valence-electron chi connectivity index (χ1n) is 8.97. The van der Waals surface area contributed by atoms with Gasteiger partial charge in [-0.15, -0.1) is 0 Å². The third-order valence-electron chi connectivity index (χ3n) is 5.10. The van der Waals surface area contributed by atoms with Gasteiger partial charge in [-0.05, 0) is 46.3 Å². The van der Waals surface area contributed by atoms with E-state index in [2.05, 4.69) is 61.9 Å². The molecule has 4 nitrogen and oxygen atoms in total. The number of hydrogen-bond donors (Lipinski definition) is 2. The van der Waals surface area contributed by atoms with Gasteiger partial charge in [0, 0.05) is 56.6 Å². The number of nitrogens with zero attached hydrogens (tertiary/aromatic N) is 2. The summed E-state index contributed by atoms with van der Waals surface area (Å²) in [7, 11) is 0. The van der Waals surface area contributed by atoms with Crippen LogP contribution in [0.1, 0.15) is 17.7 Å². The fraction of sp³-hybridized carbons (Fsp3) is 0.400. The minimum absolute atomic E-state index is 0.255. The van der Waals surface area contributed by atoms with Gasteiger partial charge >= 0.3 is 0 Å². The molecule has 132 valence electrons. The maximum absolute atomic E-state index is 9.48. The van der Waals surface area contributed by atoms with Crippen LogP contribution in [0.5, 0.6) is 0 Å².